The Labute approximate surface area is 185 Å². The normalized spacial score (nSPS) is 14.7. The molecule has 29 heavy (non-hydrogen) atoms. The fourth-order valence-corrected chi connectivity index (χ4v) is 5.53. The van der Waals surface area contributed by atoms with Crippen molar-refractivity contribution in [1.82, 2.24) is 0 Å². The summed E-state index contributed by atoms with van der Waals surface area (Å²) in [4.78, 5) is 0. The molecule has 0 bridgehead atoms. The summed E-state index contributed by atoms with van der Waals surface area (Å²) in [6.07, 6.45) is 0. The van der Waals surface area contributed by atoms with Crippen molar-refractivity contribution >= 4 is 31.9 Å². The van der Waals surface area contributed by atoms with Crippen LogP contribution in [0.25, 0.3) is 0 Å². The molecule has 0 unspecified atom stereocenters. The van der Waals surface area contributed by atoms with Gasteiger partial charge in [-0.1, -0.05) is 60.7 Å². The minimum atomic E-state index is -0.540. The molecule has 4 heteroatoms. The van der Waals surface area contributed by atoms with E-state index >= 15 is 0 Å². The van der Waals surface area contributed by atoms with Crippen molar-refractivity contribution in [3.05, 3.63) is 116 Å². The third kappa shape index (κ3) is 2.21. The van der Waals surface area contributed by atoms with Crippen LogP contribution in [0.3, 0.4) is 0 Å². The van der Waals surface area contributed by atoms with Crippen LogP contribution in [0, 0.1) is 0 Å². The van der Waals surface area contributed by atoms with Crippen LogP contribution < -0.4 is 9.47 Å². The first-order valence-corrected chi connectivity index (χ1v) is 10.9. The molecule has 0 aromatic heterocycles. The molecule has 0 fully saturated rings. The molecule has 4 aromatic rings. The molecule has 0 N–H and O–H groups in total. The van der Waals surface area contributed by atoms with Gasteiger partial charge in [0.2, 0.25) is 0 Å². The lowest BCUT2D eigenvalue weighted by atomic mass is 9.62. The molecule has 0 amide bonds. The first kappa shape index (κ1) is 17.3. The Morgan fingerprint density at radius 3 is 1.45 bits per heavy atom. The van der Waals surface area contributed by atoms with Crippen LogP contribution in [-0.4, -0.2) is 0 Å². The molecule has 2 aliphatic heterocycles. The Bertz CT molecular complexity index is 1200. The van der Waals surface area contributed by atoms with Crippen LogP contribution in [0.1, 0.15) is 22.3 Å². The molecule has 140 valence electrons. The maximum atomic E-state index is 6.46. The Balaban J connectivity index is 1.87. The molecule has 0 radical (unpaired) electrons. The molecule has 0 atom stereocenters. The Kier molecular flexibility index (Phi) is 3.71. The van der Waals surface area contributed by atoms with Crippen LogP contribution in [0.4, 0.5) is 0 Å². The van der Waals surface area contributed by atoms with Gasteiger partial charge in [-0.15, -0.1) is 0 Å². The highest BCUT2D eigenvalue weighted by atomic mass is 79.9. The third-order valence-electron chi connectivity index (χ3n) is 5.75. The molecule has 2 heterocycles. The first-order valence-electron chi connectivity index (χ1n) is 9.34. The van der Waals surface area contributed by atoms with E-state index in [4.69, 9.17) is 9.47 Å². The van der Waals surface area contributed by atoms with Crippen molar-refractivity contribution in [2.24, 2.45) is 0 Å². The maximum Gasteiger partial charge on any atom is 0.146 e. The molecule has 6 rings (SSSR count). The summed E-state index contributed by atoms with van der Waals surface area (Å²) >= 11 is 7.43. The highest BCUT2D eigenvalue weighted by molar-refractivity contribution is 9.11. The number of rotatable bonds is 0. The summed E-state index contributed by atoms with van der Waals surface area (Å²) in [6.45, 7) is 0. The van der Waals surface area contributed by atoms with Gasteiger partial charge in [0.25, 0.3) is 0 Å². The number of hydrogen-bond donors (Lipinski definition) is 0. The third-order valence-corrected chi connectivity index (χ3v) is 7.00. The molecule has 0 saturated carbocycles. The van der Waals surface area contributed by atoms with E-state index in [0.717, 1.165) is 54.2 Å². The molecule has 0 aliphatic carbocycles. The summed E-state index contributed by atoms with van der Waals surface area (Å²) in [5.74, 6) is 3.40. The van der Waals surface area contributed by atoms with E-state index in [1.165, 1.54) is 0 Å². The van der Waals surface area contributed by atoms with Crippen molar-refractivity contribution in [3.63, 3.8) is 0 Å². The van der Waals surface area contributed by atoms with Gasteiger partial charge in [0.05, 0.1) is 14.4 Å². The lowest BCUT2D eigenvalue weighted by molar-refractivity contribution is 0.396. The van der Waals surface area contributed by atoms with Crippen molar-refractivity contribution in [3.8, 4) is 23.0 Å². The standard InChI is InChI=1S/C25H14Br2O2/c26-19-11-5-9-17-23(19)29-24-18(10-6-12-20(24)27)25(17)15-7-1-3-13-21(15)28-22-14-4-2-8-16(22)25/h1-14H. The number of hydrogen-bond acceptors (Lipinski definition) is 2. The number of fused-ring (bicyclic) bond motifs is 8. The number of para-hydroxylation sites is 4. The number of benzene rings is 4. The van der Waals surface area contributed by atoms with Gasteiger partial charge in [-0.05, 0) is 56.1 Å². The SMILES string of the molecule is Brc1cccc2c1Oc1c(Br)cccc1C21c2ccccc2Oc2ccccc21. The zero-order valence-electron chi connectivity index (χ0n) is 15.2. The second-order valence-electron chi connectivity index (χ2n) is 7.18. The van der Waals surface area contributed by atoms with E-state index in [2.05, 4.69) is 80.4 Å². The van der Waals surface area contributed by atoms with E-state index < -0.39 is 5.41 Å². The summed E-state index contributed by atoms with van der Waals surface area (Å²) in [5.41, 5.74) is 3.88. The lowest BCUT2D eigenvalue weighted by Crippen LogP contribution is -2.37. The quantitative estimate of drug-likeness (QED) is 0.209. The zero-order valence-corrected chi connectivity index (χ0v) is 18.3. The van der Waals surface area contributed by atoms with Crippen LogP contribution in [-0.2, 0) is 5.41 Å². The highest BCUT2D eigenvalue weighted by Crippen LogP contribution is 2.62. The Morgan fingerprint density at radius 2 is 0.931 bits per heavy atom. The fourth-order valence-electron chi connectivity index (χ4n) is 4.64. The van der Waals surface area contributed by atoms with Crippen LogP contribution in [0.15, 0.2) is 93.9 Å². The molecule has 2 nitrogen and oxygen atoms in total. The summed E-state index contributed by atoms with van der Waals surface area (Å²) in [7, 11) is 0. The Hall–Kier alpha value is -2.56. The smallest absolute Gasteiger partial charge is 0.146 e. The maximum absolute atomic E-state index is 6.46. The van der Waals surface area contributed by atoms with E-state index in [1.54, 1.807) is 0 Å². The van der Waals surface area contributed by atoms with Gasteiger partial charge in [-0.25, -0.2) is 0 Å². The topological polar surface area (TPSA) is 18.5 Å². The largest absolute Gasteiger partial charge is 0.457 e. The van der Waals surface area contributed by atoms with Gasteiger partial charge in [0.1, 0.15) is 23.0 Å². The first-order chi connectivity index (χ1) is 14.2. The average molecular weight is 506 g/mol. The lowest BCUT2D eigenvalue weighted by Gasteiger charge is -2.45. The Morgan fingerprint density at radius 1 is 0.483 bits per heavy atom. The van der Waals surface area contributed by atoms with Crippen molar-refractivity contribution < 1.29 is 9.47 Å². The molecule has 1 spiro atoms. The molecule has 2 aliphatic rings. The van der Waals surface area contributed by atoms with Crippen molar-refractivity contribution in [2.45, 2.75) is 5.41 Å². The minimum absolute atomic E-state index is 0.540. The summed E-state index contributed by atoms with van der Waals surface area (Å²) < 4.78 is 14.6. The molecule has 0 saturated heterocycles. The number of ether oxygens (including phenoxy) is 2. The van der Waals surface area contributed by atoms with E-state index in [9.17, 15) is 0 Å². The van der Waals surface area contributed by atoms with Gasteiger partial charge < -0.3 is 9.47 Å². The minimum Gasteiger partial charge on any atom is -0.457 e. The monoisotopic (exact) mass is 504 g/mol. The average Bonchev–Trinajstić information content (AvgIpc) is 2.75. The van der Waals surface area contributed by atoms with Crippen LogP contribution >= 0.6 is 31.9 Å². The van der Waals surface area contributed by atoms with Crippen LogP contribution in [0.2, 0.25) is 0 Å². The second kappa shape index (κ2) is 6.22. The summed E-state index contributed by atoms with van der Waals surface area (Å²) in [6, 6.07) is 29.1. The predicted molar refractivity (Wildman–Crippen MR) is 120 cm³/mol. The summed E-state index contributed by atoms with van der Waals surface area (Å²) in [5, 5.41) is 0. The number of halogens is 2. The van der Waals surface area contributed by atoms with Gasteiger partial charge in [-0.3, -0.25) is 0 Å². The van der Waals surface area contributed by atoms with E-state index in [-0.39, 0.29) is 0 Å². The predicted octanol–water partition coefficient (Wildman–Crippen LogP) is 7.81. The van der Waals surface area contributed by atoms with Crippen molar-refractivity contribution in [1.29, 1.82) is 0 Å². The van der Waals surface area contributed by atoms with Gasteiger partial charge in [0, 0.05) is 22.3 Å². The van der Waals surface area contributed by atoms with Gasteiger partial charge in [0.15, 0.2) is 0 Å². The molecular weight excluding hydrogens is 492 g/mol. The highest BCUT2D eigenvalue weighted by Gasteiger charge is 2.51. The van der Waals surface area contributed by atoms with Crippen LogP contribution in [0.5, 0.6) is 23.0 Å². The molecule has 4 aromatic carbocycles. The van der Waals surface area contributed by atoms with E-state index in [1.807, 2.05) is 36.4 Å². The van der Waals surface area contributed by atoms with E-state index in [0.29, 0.717) is 0 Å². The van der Waals surface area contributed by atoms with Gasteiger partial charge >= 0.3 is 0 Å². The second-order valence-corrected chi connectivity index (χ2v) is 8.89. The molecular formula is C25H14Br2O2. The van der Waals surface area contributed by atoms with Crippen molar-refractivity contribution in [2.75, 3.05) is 0 Å². The zero-order chi connectivity index (χ0) is 19.6. The fraction of sp³-hybridized carbons (Fsp3) is 0.0400. The van der Waals surface area contributed by atoms with Gasteiger partial charge in [-0.2, -0.15) is 0 Å².